The second-order valence-corrected chi connectivity index (χ2v) is 29.0. The molecule has 7 atom stereocenters. The minimum absolute atomic E-state index is 0.000454. The van der Waals surface area contributed by atoms with E-state index < -0.39 is 60.6 Å². The zero-order valence-electron chi connectivity index (χ0n) is 64.1. The van der Waals surface area contributed by atoms with Crippen LogP contribution in [-0.4, -0.2) is 85.7 Å². The smallest absolute Gasteiger partial charge is 0.329 e. The molecule has 1 fully saturated rings. The van der Waals surface area contributed by atoms with Gasteiger partial charge in [-0.2, -0.15) is 0 Å². The van der Waals surface area contributed by atoms with Crippen LogP contribution in [0, 0.1) is 0 Å². The van der Waals surface area contributed by atoms with Crippen LogP contribution in [0.2, 0.25) is 0 Å². The van der Waals surface area contributed by atoms with E-state index in [0.717, 1.165) is 107 Å². The van der Waals surface area contributed by atoms with Crippen LogP contribution in [0.3, 0.4) is 0 Å². The predicted octanol–water partition coefficient (Wildman–Crippen LogP) is 21.9. The third kappa shape index (κ3) is 45.0. The van der Waals surface area contributed by atoms with Crippen molar-refractivity contribution in [1.29, 1.82) is 0 Å². The summed E-state index contributed by atoms with van der Waals surface area (Å²) in [6.45, 7) is 9.24. The fourth-order valence-electron chi connectivity index (χ4n) is 13.6. The molecule has 572 valence electrons. The number of hydrogen-bond donors (Lipinski definition) is 2. The van der Waals surface area contributed by atoms with Crippen molar-refractivity contribution in [3.8, 4) is 0 Å². The fourth-order valence-corrected chi connectivity index (χ4v) is 13.6. The number of rotatable bonds is 66. The molecule has 101 heavy (non-hydrogen) atoms. The molecule has 0 aromatic heterocycles. The first-order valence-electron chi connectivity index (χ1n) is 41.4. The minimum Gasteiger partial charge on any atom is -0.462 e. The molecule has 0 saturated carbocycles. The van der Waals surface area contributed by atoms with E-state index in [1.807, 2.05) is 91.0 Å². The van der Waals surface area contributed by atoms with Gasteiger partial charge in [-0.05, 0) is 48.8 Å². The van der Waals surface area contributed by atoms with Gasteiger partial charge in [-0.1, -0.05) is 363 Å². The molecule has 1 heterocycles. The molecule has 1 saturated heterocycles. The first kappa shape index (κ1) is 88.2. The molecule has 0 bridgehead atoms. The molecule has 0 aliphatic carbocycles. The second-order valence-electron chi connectivity index (χ2n) is 29.0. The summed E-state index contributed by atoms with van der Waals surface area (Å²) in [4.78, 5) is 71.6. The Bertz CT molecular complexity index is 2470. The summed E-state index contributed by atoms with van der Waals surface area (Å²) in [5, 5.41) is 6.24. The van der Waals surface area contributed by atoms with Gasteiger partial charge in [0.05, 0.1) is 32.8 Å². The molecule has 4 rings (SSSR count). The molecular formula is C87H142N2O12. The highest BCUT2D eigenvalue weighted by Crippen LogP contribution is 2.31. The van der Waals surface area contributed by atoms with Gasteiger partial charge in [-0.15, -0.1) is 0 Å². The molecule has 1 aliphatic rings. The number of hydrogen-bond acceptors (Lipinski definition) is 12. The quantitative estimate of drug-likeness (QED) is 0.0311. The lowest BCUT2D eigenvalue weighted by Crippen LogP contribution is -2.66. The van der Waals surface area contributed by atoms with Gasteiger partial charge in [0.15, 0.2) is 12.4 Å². The molecule has 14 nitrogen and oxygen atoms in total. The highest BCUT2D eigenvalue weighted by molar-refractivity contribution is 5.84. The van der Waals surface area contributed by atoms with Crippen LogP contribution in [0.4, 0.5) is 0 Å². The van der Waals surface area contributed by atoms with Crippen LogP contribution in [-0.2, 0) is 77.0 Å². The maximum Gasteiger partial charge on any atom is 0.329 e. The summed E-state index contributed by atoms with van der Waals surface area (Å²) >= 11 is 0. The first-order valence-corrected chi connectivity index (χ1v) is 41.4. The lowest BCUT2D eigenvalue weighted by atomic mass is 9.95. The van der Waals surface area contributed by atoms with Crippen LogP contribution < -0.4 is 10.6 Å². The van der Waals surface area contributed by atoms with E-state index in [9.17, 15) is 19.2 Å². The summed E-state index contributed by atoms with van der Waals surface area (Å²) in [5.41, 5.74) is 2.64. The molecule has 3 aromatic rings. The third-order valence-electron chi connectivity index (χ3n) is 19.8. The molecule has 3 aromatic carbocycles. The molecule has 2 N–H and O–H groups in total. The van der Waals surface area contributed by atoms with Crippen LogP contribution in [0.1, 0.15) is 353 Å². The molecule has 14 heteroatoms. The average Bonchev–Trinajstić information content (AvgIpc) is 0.785. The molecule has 1 aliphatic heterocycles. The molecule has 2 amide bonds. The topological polar surface area (TPSA) is 174 Å². The van der Waals surface area contributed by atoms with E-state index in [1.165, 1.54) is 167 Å². The predicted molar refractivity (Wildman–Crippen MR) is 410 cm³/mol. The van der Waals surface area contributed by atoms with Gasteiger partial charge in [0.25, 0.3) is 0 Å². The summed E-state index contributed by atoms with van der Waals surface area (Å²) in [6, 6.07) is 26.8. The Morgan fingerprint density at radius 2 is 0.802 bits per heavy atom. The van der Waals surface area contributed by atoms with E-state index in [2.05, 4.69) is 38.3 Å². The van der Waals surface area contributed by atoms with Gasteiger partial charge in [0.2, 0.25) is 11.8 Å². The van der Waals surface area contributed by atoms with Crippen molar-refractivity contribution in [2.24, 2.45) is 0 Å². The number of carbonyl (C=O) groups is 5. The number of carbonyl (C=O) groups excluding carboxylic acids is 5. The number of amides is 2. The largest absolute Gasteiger partial charge is 0.462 e. The van der Waals surface area contributed by atoms with Crippen LogP contribution in [0.25, 0.3) is 0 Å². The molecule has 0 spiro atoms. The Morgan fingerprint density at radius 3 is 1.26 bits per heavy atom. The highest BCUT2D eigenvalue weighted by Gasteiger charge is 2.50. The van der Waals surface area contributed by atoms with Gasteiger partial charge < -0.3 is 43.8 Å². The maximum absolute atomic E-state index is 15.2. The Kier molecular flexibility index (Phi) is 53.5. The summed E-state index contributed by atoms with van der Waals surface area (Å²) in [6.07, 6.45) is 44.1. The molecular weight excluding hydrogens is 1260 g/mol. The Hall–Kier alpha value is -5.15. The molecule has 0 radical (unpaired) electrons. The van der Waals surface area contributed by atoms with Crippen molar-refractivity contribution in [3.05, 3.63) is 108 Å². The van der Waals surface area contributed by atoms with Crippen molar-refractivity contribution in [3.63, 3.8) is 0 Å². The lowest BCUT2D eigenvalue weighted by molar-refractivity contribution is -0.285. The van der Waals surface area contributed by atoms with Gasteiger partial charge >= 0.3 is 17.9 Å². The first-order chi connectivity index (χ1) is 49.6. The number of unbranched alkanes of at least 4 members (excludes halogenated alkanes) is 38. The van der Waals surface area contributed by atoms with Gasteiger partial charge in [0.1, 0.15) is 37.0 Å². The monoisotopic (exact) mass is 1410 g/mol. The van der Waals surface area contributed by atoms with E-state index >= 15 is 4.79 Å². The Balaban J connectivity index is 1.65. The summed E-state index contributed by atoms with van der Waals surface area (Å²) < 4.78 is 46.1. The van der Waals surface area contributed by atoms with E-state index in [4.69, 9.17) is 33.2 Å². The van der Waals surface area contributed by atoms with Crippen LogP contribution in [0.15, 0.2) is 91.0 Å². The lowest BCUT2D eigenvalue weighted by Gasteiger charge is -2.46. The van der Waals surface area contributed by atoms with E-state index in [1.54, 1.807) is 0 Å². The number of benzene rings is 3. The van der Waals surface area contributed by atoms with Gasteiger partial charge in [-0.3, -0.25) is 19.2 Å². The molecule has 0 unspecified atom stereocenters. The fraction of sp³-hybridized carbons (Fsp3) is 0.736. The SMILES string of the molecule is CCCCCCCCCCCCCC(=O)N[C@@H](CCO[C@@H]1O[C@H](COCc2ccccc2)[C@@H](OCc2ccccc2)[C@H](OC(=O)CCCCCCCCCCCCC)[C@H]1NC(=O)C[C@@H](CCCCCCCCCCC)OC(=O)CCCCCCCCCCCCC)C(=O)OCc1ccccc1. The second kappa shape index (κ2) is 61.2. The highest BCUT2D eigenvalue weighted by atomic mass is 16.7. The Labute approximate surface area is 613 Å². The van der Waals surface area contributed by atoms with Gasteiger partial charge in [-0.25, -0.2) is 4.79 Å². The average molecular weight is 1410 g/mol. The number of nitrogens with one attached hydrogen (secondary N) is 2. The number of esters is 3. The zero-order valence-corrected chi connectivity index (χ0v) is 64.1. The van der Waals surface area contributed by atoms with Crippen LogP contribution in [0.5, 0.6) is 0 Å². The third-order valence-corrected chi connectivity index (χ3v) is 19.8. The van der Waals surface area contributed by atoms with Crippen molar-refractivity contribution >= 4 is 29.7 Å². The maximum atomic E-state index is 15.2. The van der Waals surface area contributed by atoms with E-state index in [0.29, 0.717) is 19.3 Å². The van der Waals surface area contributed by atoms with Crippen molar-refractivity contribution in [2.75, 3.05) is 13.2 Å². The normalized spacial score (nSPS) is 16.5. The van der Waals surface area contributed by atoms with Crippen LogP contribution >= 0.6 is 0 Å². The summed E-state index contributed by atoms with van der Waals surface area (Å²) in [7, 11) is 0. The standard InChI is InChI=1S/C87H142N2O12/c1-5-9-13-17-21-25-28-32-36-40-53-63-79(90)88-77(86(94)98-71-75-60-50-45-51-61-75)66-67-96-87-83(89-80(91)68-76(62-52-39-35-31-24-20-16-12-8-4)99-81(92)64-54-41-37-33-29-26-22-18-14-10-6-2)85(101-82(93)65-55-42-38-34-30-27-23-19-15-11-7-3)84(97-70-74-58-48-44-49-59-74)78(100-87)72-95-69-73-56-46-43-47-57-73/h43-51,56-61,76-78,83-85,87H,5-42,52-55,62-72H2,1-4H3,(H,88,90)(H,89,91)/t76-,77+,78-,83-,84-,85-,87-/m1/s1. The van der Waals surface area contributed by atoms with Crippen molar-refractivity contribution in [1.82, 2.24) is 10.6 Å². The van der Waals surface area contributed by atoms with Crippen molar-refractivity contribution in [2.45, 2.75) is 399 Å². The Morgan fingerprint density at radius 1 is 0.406 bits per heavy atom. The van der Waals surface area contributed by atoms with E-state index in [-0.39, 0.29) is 77.0 Å². The number of ether oxygens (including phenoxy) is 7. The minimum atomic E-state index is -1.28. The van der Waals surface area contributed by atoms with Gasteiger partial charge in [0, 0.05) is 25.7 Å². The zero-order chi connectivity index (χ0) is 72.1. The summed E-state index contributed by atoms with van der Waals surface area (Å²) in [5.74, 6) is -2.03. The van der Waals surface area contributed by atoms with Crippen molar-refractivity contribution < 1.29 is 57.1 Å².